The Bertz CT molecular complexity index is 1270. The van der Waals surface area contributed by atoms with Crippen molar-refractivity contribution in [2.75, 3.05) is 31.6 Å². The number of rotatable bonds is 5. The highest BCUT2D eigenvalue weighted by Crippen LogP contribution is 2.37. The van der Waals surface area contributed by atoms with Gasteiger partial charge < -0.3 is 4.90 Å². The molecule has 1 aromatic heterocycles. The Kier molecular flexibility index (Phi) is 6.26. The molecule has 2 fully saturated rings. The van der Waals surface area contributed by atoms with Crippen molar-refractivity contribution >= 4 is 35.0 Å². The fraction of sp³-hybridized carbons (Fsp3) is 0.458. The summed E-state index contributed by atoms with van der Waals surface area (Å²) in [6.45, 7) is -0.295. The van der Waals surface area contributed by atoms with E-state index in [1.165, 1.54) is 11.0 Å². The highest BCUT2D eigenvalue weighted by atomic mass is 19.4. The number of piperidine rings is 2. The Morgan fingerprint density at radius 1 is 1.08 bits per heavy atom. The lowest BCUT2D eigenvalue weighted by atomic mass is 10.0. The molecule has 5 rings (SSSR count). The maximum Gasteiger partial charge on any atom is 0.401 e. The fourth-order valence-electron chi connectivity index (χ4n) is 5.21. The molecule has 1 atom stereocenters. The van der Waals surface area contributed by atoms with Crippen LogP contribution in [0.15, 0.2) is 30.6 Å². The summed E-state index contributed by atoms with van der Waals surface area (Å²) < 4.78 is 39.8. The molecule has 10 nitrogen and oxygen atoms in total. The first-order valence-corrected chi connectivity index (χ1v) is 11.9. The van der Waals surface area contributed by atoms with E-state index in [0.29, 0.717) is 37.3 Å². The summed E-state index contributed by atoms with van der Waals surface area (Å²) >= 11 is 0. The number of imide groups is 2. The van der Waals surface area contributed by atoms with Gasteiger partial charge in [0.25, 0.3) is 11.8 Å². The Morgan fingerprint density at radius 3 is 2.49 bits per heavy atom. The van der Waals surface area contributed by atoms with E-state index in [1.54, 1.807) is 41.2 Å². The summed E-state index contributed by atoms with van der Waals surface area (Å²) in [5, 5.41) is 6.59. The summed E-state index contributed by atoms with van der Waals surface area (Å²) in [7, 11) is 1.72. The van der Waals surface area contributed by atoms with E-state index in [1.807, 2.05) is 0 Å². The van der Waals surface area contributed by atoms with E-state index >= 15 is 0 Å². The number of halogens is 3. The molecule has 1 N–H and O–H groups in total. The second-order valence-corrected chi connectivity index (χ2v) is 9.51. The van der Waals surface area contributed by atoms with Gasteiger partial charge in [0, 0.05) is 32.8 Å². The first-order chi connectivity index (χ1) is 17.5. The van der Waals surface area contributed by atoms with E-state index in [9.17, 15) is 32.3 Å². The zero-order valence-corrected chi connectivity index (χ0v) is 20.0. The third-order valence-corrected chi connectivity index (χ3v) is 7.12. The molecule has 0 radical (unpaired) electrons. The molecule has 1 aromatic carbocycles. The van der Waals surface area contributed by atoms with Crippen molar-refractivity contribution < 1.29 is 32.3 Å². The van der Waals surface area contributed by atoms with Gasteiger partial charge >= 0.3 is 6.18 Å². The standard InChI is InChI=1S/C24H25F3N6O4/c1-30(15-11-28-32(12-15)14-7-9-31(10-8-14)13-24(25,26)27)17-4-2-3-16-20(17)23(37)33(22(16)36)18-5-6-19(34)29-21(18)35/h2-4,11-12,14,18H,5-10,13H2,1H3,(H,29,34,35). The molecule has 0 spiro atoms. The summed E-state index contributed by atoms with van der Waals surface area (Å²) in [5.41, 5.74) is 1.41. The molecule has 4 heterocycles. The van der Waals surface area contributed by atoms with Crippen LogP contribution in [-0.2, 0) is 9.59 Å². The average molecular weight is 518 g/mol. The molecule has 4 amide bonds. The number of nitrogens with zero attached hydrogens (tertiary/aromatic N) is 5. The number of hydrogen-bond acceptors (Lipinski definition) is 7. The van der Waals surface area contributed by atoms with E-state index in [-0.39, 0.29) is 30.0 Å². The fourth-order valence-corrected chi connectivity index (χ4v) is 5.21. The molecule has 2 aromatic rings. The molecule has 0 saturated carbocycles. The normalized spacial score (nSPS) is 21.4. The van der Waals surface area contributed by atoms with E-state index in [0.717, 1.165) is 4.90 Å². The minimum Gasteiger partial charge on any atom is -0.341 e. The topological polar surface area (TPSA) is 108 Å². The predicted molar refractivity (Wildman–Crippen MR) is 124 cm³/mol. The molecule has 2 saturated heterocycles. The largest absolute Gasteiger partial charge is 0.401 e. The quantitative estimate of drug-likeness (QED) is 0.605. The molecule has 3 aliphatic rings. The lowest BCUT2D eigenvalue weighted by Crippen LogP contribution is -2.54. The number of carbonyl (C=O) groups is 4. The lowest BCUT2D eigenvalue weighted by molar-refractivity contribution is -0.148. The zero-order valence-electron chi connectivity index (χ0n) is 20.0. The smallest absolute Gasteiger partial charge is 0.341 e. The molecular formula is C24H25F3N6O4. The van der Waals surface area contributed by atoms with Crippen LogP contribution in [0.2, 0.25) is 0 Å². The van der Waals surface area contributed by atoms with Gasteiger partial charge in [0.15, 0.2) is 0 Å². The van der Waals surface area contributed by atoms with Crippen molar-refractivity contribution in [1.29, 1.82) is 0 Å². The molecule has 13 heteroatoms. The van der Waals surface area contributed by atoms with E-state index in [4.69, 9.17) is 0 Å². The van der Waals surface area contributed by atoms with Crippen molar-refractivity contribution in [3.05, 3.63) is 41.7 Å². The number of alkyl halides is 3. The number of likely N-dealkylation sites (tertiary alicyclic amines) is 1. The van der Waals surface area contributed by atoms with Gasteiger partial charge in [0.05, 0.1) is 41.3 Å². The van der Waals surface area contributed by atoms with Crippen LogP contribution in [0.25, 0.3) is 0 Å². The van der Waals surface area contributed by atoms with Crippen LogP contribution in [0.1, 0.15) is 52.4 Å². The van der Waals surface area contributed by atoms with Gasteiger partial charge in [-0.3, -0.25) is 39.0 Å². The molecule has 37 heavy (non-hydrogen) atoms. The van der Waals surface area contributed by atoms with Crippen LogP contribution in [0.3, 0.4) is 0 Å². The number of nitrogens with one attached hydrogen (secondary N) is 1. The first kappa shape index (κ1) is 24.9. The van der Waals surface area contributed by atoms with Crippen LogP contribution >= 0.6 is 0 Å². The highest BCUT2D eigenvalue weighted by molar-refractivity contribution is 6.25. The van der Waals surface area contributed by atoms with Crippen molar-refractivity contribution in [2.24, 2.45) is 0 Å². The molecule has 0 bridgehead atoms. The summed E-state index contributed by atoms with van der Waals surface area (Å²) in [4.78, 5) is 54.4. The zero-order chi connectivity index (χ0) is 26.5. The number of hydrogen-bond donors (Lipinski definition) is 1. The van der Waals surface area contributed by atoms with Gasteiger partial charge in [-0.15, -0.1) is 0 Å². The molecule has 196 valence electrons. The number of aromatic nitrogens is 2. The van der Waals surface area contributed by atoms with E-state index < -0.39 is 42.4 Å². The Labute approximate surface area is 210 Å². The van der Waals surface area contributed by atoms with Crippen LogP contribution in [0.5, 0.6) is 0 Å². The maximum atomic E-state index is 13.4. The Balaban J connectivity index is 1.34. The molecule has 0 aliphatic carbocycles. The van der Waals surface area contributed by atoms with Gasteiger partial charge in [0.2, 0.25) is 11.8 Å². The van der Waals surface area contributed by atoms with Gasteiger partial charge in [-0.1, -0.05) is 6.07 Å². The molecule has 3 aliphatic heterocycles. The first-order valence-electron chi connectivity index (χ1n) is 11.9. The van der Waals surface area contributed by atoms with Crippen LogP contribution in [0.4, 0.5) is 24.5 Å². The summed E-state index contributed by atoms with van der Waals surface area (Å²) in [6.07, 6.45) is 0.284. The summed E-state index contributed by atoms with van der Waals surface area (Å²) in [5.74, 6) is -2.32. The third-order valence-electron chi connectivity index (χ3n) is 7.12. The number of amides is 4. The Morgan fingerprint density at radius 2 is 1.81 bits per heavy atom. The molecule has 1 unspecified atom stereocenters. The summed E-state index contributed by atoms with van der Waals surface area (Å²) in [6, 6.07) is 3.74. The average Bonchev–Trinajstić information content (AvgIpc) is 3.42. The van der Waals surface area contributed by atoms with E-state index in [2.05, 4.69) is 10.4 Å². The van der Waals surface area contributed by atoms with Crippen molar-refractivity contribution in [2.45, 2.75) is 43.9 Å². The van der Waals surface area contributed by atoms with Crippen molar-refractivity contribution in [1.82, 2.24) is 24.9 Å². The predicted octanol–water partition coefficient (Wildman–Crippen LogP) is 2.25. The number of anilines is 2. The Hall–Kier alpha value is -3.74. The van der Waals surface area contributed by atoms with Crippen LogP contribution < -0.4 is 10.2 Å². The van der Waals surface area contributed by atoms with Gasteiger partial charge in [-0.2, -0.15) is 18.3 Å². The highest BCUT2D eigenvalue weighted by Gasteiger charge is 2.46. The lowest BCUT2D eigenvalue weighted by Gasteiger charge is -2.32. The minimum absolute atomic E-state index is 0.0326. The third kappa shape index (κ3) is 4.70. The monoisotopic (exact) mass is 518 g/mol. The van der Waals surface area contributed by atoms with Crippen molar-refractivity contribution in [3.8, 4) is 0 Å². The molecular weight excluding hydrogens is 493 g/mol. The van der Waals surface area contributed by atoms with Crippen molar-refractivity contribution in [3.63, 3.8) is 0 Å². The number of benzene rings is 1. The van der Waals surface area contributed by atoms with Crippen LogP contribution in [-0.4, -0.2) is 82.1 Å². The van der Waals surface area contributed by atoms with Gasteiger partial charge in [-0.25, -0.2) is 0 Å². The second-order valence-electron chi connectivity index (χ2n) is 9.51. The van der Waals surface area contributed by atoms with Gasteiger partial charge in [0.1, 0.15) is 6.04 Å². The maximum absolute atomic E-state index is 13.4. The second kappa shape index (κ2) is 9.29. The number of fused-ring (bicyclic) bond motifs is 1. The SMILES string of the molecule is CN(c1cnn(C2CCN(CC(F)(F)F)CC2)c1)c1cccc2c1C(=O)N(C1CCC(=O)NC1=O)C2=O. The van der Waals surface area contributed by atoms with Gasteiger partial charge in [-0.05, 0) is 31.4 Å². The number of carbonyl (C=O) groups excluding carboxylic acids is 4. The minimum atomic E-state index is -4.23. The van der Waals surface area contributed by atoms with Crippen LogP contribution in [0, 0.1) is 0 Å².